The second kappa shape index (κ2) is 14.4. The van der Waals surface area contributed by atoms with Crippen LogP contribution in [0.5, 0.6) is 0 Å². The second-order valence-electron chi connectivity index (χ2n) is 11.6. The minimum atomic E-state index is -0.445. The monoisotopic (exact) mass is 620 g/mol. The van der Waals surface area contributed by atoms with Gasteiger partial charge in [0.15, 0.2) is 0 Å². The minimum absolute atomic E-state index is 0.0659. The highest BCUT2D eigenvalue weighted by Crippen LogP contribution is 2.52. The van der Waals surface area contributed by atoms with Crippen LogP contribution in [0.2, 0.25) is 0 Å². The lowest BCUT2D eigenvalue weighted by Gasteiger charge is -2.37. The van der Waals surface area contributed by atoms with Gasteiger partial charge in [-0.3, -0.25) is 0 Å². The highest BCUT2D eigenvalue weighted by atomic mass is 32.2. The zero-order valence-corrected chi connectivity index (χ0v) is 26.3. The first kappa shape index (κ1) is 30.9. The number of rotatable bonds is 12. The van der Waals surface area contributed by atoms with E-state index in [9.17, 15) is 8.78 Å². The molecule has 0 amide bonds. The molecule has 2 unspecified atom stereocenters. The number of nitrogens with one attached hydrogen (secondary N) is 1. The minimum Gasteiger partial charge on any atom is -0.335 e. The molecule has 2 atom stereocenters. The van der Waals surface area contributed by atoms with E-state index in [1.165, 1.54) is 28.8 Å². The summed E-state index contributed by atoms with van der Waals surface area (Å²) in [5, 5.41) is 3.63. The molecule has 1 aromatic heterocycles. The molecular formula is C38H38F2N4S. The van der Waals surface area contributed by atoms with Crippen LogP contribution < -0.4 is 10.2 Å². The Balaban J connectivity index is 1.34. The van der Waals surface area contributed by atoms with Crippen molar-refractivity contribution in [1.29, 1.82) is 0 Å². The molecule has 2 heterocycles. The van der Waals surface area contributed by atoms with Gasteiger partial charge in [-0.1, -0.05) is 104 Å². The van der Waals surface area contributed by atoms with Gasteiger partial charge in [-0.25, -0.2) is 18.7 Å². The first-order valence-electron chi connectivity index (χ1n) is 15.6. The molecule has 230 valence electrons. The van der Waals surface area contributed by atoms with Crippen molar-refractivity contribution in [2.75, 3.05) is 18.0 Å². The lowest BCUT2D eigenvalue weighted by Crippen LogP contribution is -2.39. The number of anilines is 1. The summed E-state index contributed by atoms with van der Waals surface area (Å²) in [7, 11) is 0. The SMILES string of the molecule is CCCc1cnc(N2CC(SC(c3ccccc3)(c3ccccc3)c3ccccc3)CC2CNCc2cc(F)ccc2F)nc1. The van der Waals surface area contributed by atoms with Crippen molar-refractivity contribution in [2.45, 2.75) is 48.8 Å². The standard InChI is InChI=1S/C38H38F2N4S/c1-2-12-28-23-42-37(43-24-28)44-27-35(22-34(44)26-41-25-29-21-33(39)19-20-36(29)40)45-38(30-13-6-3-7-14-30,31-15-8-4-9-16-31)32-17-10-5-11-18-32/h3-11,13-21,23-24,34-35,41H,2,12,22,25-27H2,1H3. The van der Waals surface area contributed by atoms with E-state index >= 15 is 0 Å². The van der Waals surface area contributed by atoms with Crippen molar-refractivity contribution in [3.05, 3.63) is 161 Å². The van der Waals surface area contributed by atoms with Gasteiger partial charge in [0.2, 0.25) is 5.95 Å². The second-order valence-corrected chi connectivity index (χ2v) is 13.1. The van der Waals surface area contributed by atoms with E-state index in [1.54, 1.807) is 0 Å². The van der Waals surface area contributed by atoms with E-state index < -0.39 is 16.4 Å². The van der Waals surface area contributed by atoms with Gasteiger partial charge < -0.3 is 10.2 Å². The topological polar surface area (TPSA) is 41.1 Å². The Labute approximate surface area is 269 Å². The molecule has 1 N–H and O–H groups in total. The molecule has 1 aliphatic rings. The van der Waals surface area contributed by atoms with Crippen molar-refractivity contribution in [2.24, 2.45) is 0 Å². The van der Waals surface area contributed by atoms with Crippen molar-refractivity contribution in [3.63, 3.8) is 0 Å². The Bertz CT molecular complexity index is 1560. The molecule has 6 rings (SSSR count). The van der Waals surface area contributed by atoms with E-state index in [1.807, 2.05) is 24.2 Å². The normalized spacial score (nSPS) is 16.6. The Morgan fingerprint density at radius 3 is 1.96 bits per heavy atom. The summed E-state index contributed by atoms with van der Waals surface area (Å²) in [5.74, 6) is -0.146. The van der Waals surface area contributed by atoms with E-state index in [2.05, 4.69) is 108 Å². The fraction of sp³-hybridized carbons (Fsp3) is 0.263. The van der Waals surface area contributed by atoms with Gasteiger partial charge in [0.1, 0.15) is 11.6 Å². The van der Waals surface area contributed by atoms with Crippen molar-refractivity contribution in [1.82, 2.24) is 15.3 Å². The predicted molar refractivity (Wildman–Crippen MR) is 180 cm³/mol. The largest absolute Gasteiger partial charge is 0.335 e. The highest BCUT2D eigenvalue weighted by molar-refractivity contribution is 8.01. The van der Waals surface area contributed by atoms with Crippen LogP contribution in [-0.2, 0) is 17.7 Å². The smallest absolute Gasteiger partial charge is 0.225 e. The Morgan fingerprint density at radius 1 is 0.822 bits per heavy atom. The maximum absolute atomic E-state index is 14.4. The summed E-state index contributed by atoms with van der Waals surface area (Å²) in [5.41, 5.74) is 5.12. The van der Waals surface area contributed by atoms with E-state index in [0.717, 1.165) is 37.4 Å². The molecule has 1 saturated heterocycles. The lowest BCUT2D eigenvalue weighted by molar-refractivity contribution is 0.540. The van der Waals surface area contributed by atoms with Crippen LogP contribution in [0.3, 0.4) is 0 Å². The van der Waals surface area contributed by atoms with Crippen LogP contribution in [-0.4, -0.2) is 34.3 Å². The fourth-order valence-corrected chi connectivity index (χ4v) is 8.21. The number of halogens is 2. The van der Waals surface area contributed by atoms with Crippen LogP contribution in [0, 0.1) is 11.6 Å². The van der Waals surface area contributed by atoms with Gasteiger partial charge >= 0.3 is 0 Å². The number of thioether (sulfide) groups is 1. The van der Waals surface area contributed by atoms with Gasteiger partial charge in [0, 0.05) is 48.9 Å². The average molecular weight is 621 g/mol. The summed E-state index contributed by atoms with van der Waals surface area (Å²) in [4.78, 5) is 11.9. The molecule has 0 aliphatic carbocycles. The summed E-state index contributed by atoms with van der Waals surface area (Å²) in [6, 6.07) is 35.9. The number of benzene rings is 4. The number of hydrogen-bond donors (Lipinski definition) is 1. The molecule has 0 saturated carbocycles. The number of aryl methyl sites for hydroxylation is 1. The van der Waals surface area contributed by atoms with E-state index in [0.29, 0.717) is 18.1 Å². The van der Waals surface area contributed by atoms with Gasteiger partial charge in [-0.2, -0.15) is 0 Å². The van der Waals surface area contributed by atoms with Crippen LogP contribution in [0.4, 0.5) is 14.7 Å². The van der Waals surface area contributed by atoms with Gasteiger partial charge in [0.05, 0.1) is 4.75 Å². The summed E-state index contributed by atoms with van der Waals surface area (Å²) < 4.78 is 27.8. The van der Waals surface area contributed by atoms with Crippen LogP contribution in [0.25, 0.3) is 0 Å². The molecule has 7 heteroatoms. The van der Waals surface area contributed by atoms with Gasteiger partial charge in [-0.05, 0) is 53.3 Å². The molecule has 1 aliphatic heterocycles. The third kappa shape index (κ3) is 6.95. The summed E-state index contributed by atoms with van der Waals surface area (Å²) >= 11 is 1.97. The predicted octanol–water partition coefficient (Wildman–Crippen LogP) is 8.17. The van der Waals surface area contributed by atoms with Crippen LogP contribution >= 0.6 is 11.8 Å². The first-order valence-corrected chi connectivity index (χ1v) is 16.5. The lowest BCUT2D eigenvalue weighted by atomic mass is 9.84. The molecule has 4 aromatic carbocycles. The zero-order valence-electron chi connectivity index (χ0n) is 25.5. The fourth-order valence-electron chi connectivity index (χ4n) is 6.34. The molecule has 4 nitrogen and oxygen atoms in total. The molecular weight excluding hydrogens is 583 g/mol. The number of nitrogens with zero attached hydrogens (tertiary/aromatic N) is 3. The molecule has 0 spiro atoms. The quantitative estimate of drug-likeness (QED) is 0.143. The molecule has 1 fully saturated rings. The third-order valence-electron chi connectivity index (χ3n) is 8.45. The van der Waals surface area contributed by atoms with Crippen molar-refractivity contribution < 1.29 is 8.78 Å². The molecule has 0 radical (unpaired) electrons. The number of hydrogen-bond acceptors (Lipinski definition) is 5. The maximum Gasteiger partial charge on any atom is 0.225 e. The van der Waals surface area contributed by atoms with Crippen LogP contribution in [0.15, 0.2) is 122 Å². The summed E-state index contributed by atoms with van der Waals surface area (Å²) in [6.45, 7) is 3.73. The first-order chi connectivity index (χ1) is 22.1. The van der Waals surface area contributed by atoms with Gasteiger partial charge in [0.25, 0.3) is 0 Å². The molecule has 0 bridgehead atoms. The number of aromatic nitrogens is 2. The average Bonchev–Trinajstić information content (AvgIpc) is 3.49. The third-order valence-corrected chi connectivity index (χ3v) is 10.2. The Kier molecular flexibility index (Phi) is 9.87. The molecule has 5 aromatic rings. The molecule has 45 heavy (non-hydrogen) atoms. The van der Waals surface area contributed by atoms with Crippen molar-refractivity contribution >= 4 is 17.7 Å². The van der Waals surface area contributed by atoms with E-state index in [4.69, 9.17) is 9.97 Å². The van der Waals surface area contributed by atoms with Gasteiger partial charge in [-0.15, -0.1) is 11.8 Å². The summed E-state index contributed by atoms with van der Waals surface area (Å²) in [6.07, 6.45) is 6.71. The highest BCUT2D eigenvalue weighted by Gasteiger charge is 2.43. The van der Waals surface area contributed by atoms with Crippen LogP contribution in [0.1, 0.15) is 47.6 Å². The Morgan fingerprint density at radius 2 is 1.40 bits per heavy atom. The van der Waals surface area contributed by atoms with E-state index in [-0.39, 0.29) is 17.8 Å². The Hall–Kier alpha value is -4.07. The maximum atomic E-state index is 14.4. The zero-order chi connectivity index (χ0) is 31.1. The van der Waals surface area contributed by atoms with Crippen molar-refractivity contribution in [3.8, 4) is 0 Å².